The van der Waals surface area contributed by atoms with Crippen molar-refractivity contribution in [1.82, 2.24) is 10.2 Å². The zero-order chi connectivity index (χ0) is 36.9. The van der Waals surface area contributed by atoms with Crippen LogP contribution in [-0.2, 0) is 0 Å². The molecular weight excluding hydrogens is 711 g/mol. The summed E-state index contributed by atoms with van der Waals surface area (Å²) < 4.78 is 0. The summed E-state index contributed by atoms with van der Waals surface area (Å²) in [6.07, 6.45) is 0. The van der Waals surface area contributed by atoms with E-state index in [1.807, 2.05) is 0 Å². The lowest BCUT2D eigenvalue weighted by molar-refractivity contribution is 1.06. The maximum Gasteiger partial charge on any atom is 0.101 e. The van der Waals surface area contributed by atoms with Gasteiger partial charge in [-0.1, -0.05) is 170 Å². The molecule has 0 N–H and O–H groups in total. The van der Waals surface area contributed by atoms with Crippen LogP contribution in [0.3, 0.4) is 0 Å². The van der Waals surface area contributed by atoms with E-state index in [0.29, 0.717) is 0 Å². The molecule has 1 aromatic heterocycles. The Balaban J connectivity index is 0.00000120. The quantitative estimate of drug-likeness (QED) is 0.102. The van der Waals surface area contributed by atoms with Crippen molar-refractivity contribution < 1.29 is 0 Å². The van der Waals surface area contributed by atoms with Gasteiger partial charge in [0.05, 0.1) is 5.34 Å². The second kappa shape index (κ2) is 13.8. The van der Waals surface area contributed by atoms with Gasteiger partial charge in [0.1, 0.15) is 11.4 Å². The monoisotopic (exact) mass is 742 g/mol. The molecule has 1 heterocycles. The molecule has 260 valence electrons. The molecule has 0 aliphatic rings. The topological polar surface area (TPSA) is 25.8 Å². The Hall–Kier alpha value is -6.32. The van der Waals surface area contributed by atoms with E-state index < -0.39 is 0 Å². The lowest BCUT2D eigenvalue weighted by atomic mass is 9.79. The highest BCUT2D eigenvalue weighted by molar-refractivity contribution is 6.42. The first-order valence-corrected chi connectivity index (χ1v) is 19.4. The Labute approximate surface area is 328 Å². The van der Waals surface area contributed by atoms with Gasteiger partial charge in [-0.25, -0.2) is 0 Å². The number of halogens is 2. The van der Waals surface area contributed by atoms with E-state index in [2.05, 4.69) is 182 Å². The number of fused-ring (bicyclic) bond motifs is 5. The van der Waals surface area contributed by atoms with Gasteiger partial charge in [0.2, 0.25) is 0 Å². The number of alkyl halides is 2. The van der Waals surface area contributed by atoms with Crippen LogP contribution in [0.1, 0.15) is 0 Å². The van der Waals surface area contributed by atoms with Crippen molar-refractivity contribution in [3.63, 3.8) is 0 Å². The van der Waals surface area contributed by atoms with Crippen LogP contribution in [0.15, 0.2) is 182 Å². The van der Waals surface area contributed by atoms with E-state index in [4.69, 9.17) is 33.4 Å². The van der Waals surface area contributed by atoms with Gasteiger partial charge in [-0.2, -0.15) is 0 Å². The summed E-state index contributed by atoms with van der Waals surface area (Å²) >= 11 is 9.53. The van der Waals surface area contributed by atoms with E-state index in [-0.39, 0.29) is 5.34 Å². The Kier molecular flexibility index (Phi) is 8.36. The first-order chi connectivity index (χ1) is 27.2. The summed E-state index contributed by atoms with van der Waals surface area (Å²) in [5.41, 5.74) is 8.72. The molecule has 11 aromatic rings. The standard InChI is InChI=1S/C50H30N2.CH2Cl2/c1-5-15-31(16-6-1)45-39-29-41-42(50(36-21-11-4-12-22-36)52-51-49(41)35-19-9-3-10-20-35)30-40(39)46(32-17-7-2-8-18-32)48-38-26-14-24-34-28-27-33-23-13-25-37(47(45)48)43(33)44(34)38;2-1-3/h1-30H;1H2. The molecule has 10 aromatic carbocycles. The number of hydrogen-bond acceptors (Lipinski definition) is 2. The van der Waals surface area contributed by atoms with Gasteiger partial charge < -0.3 is 0 Å². The van der Waals surface area contributed by atoms with Gasteiger partial charge in [-0.05, 0) is 88.2 Å². The normalized spacial score (nSPS) is 11.5. The van der Waals surface area contributed by atoms with Crippen LogP contribution >= 0.6 is 23.2 Å². The average molecular weight is 744 g/mol. The van der Waals surface area contributed by atoms with Crippen molar-refractivity contribution in [1.29, 1.82) is 0 Å². The van der Waals surface area contributed by atoms with Gasteiger partial charge >= 0.3 is 0 Å². The lowest BCUT2D eigenvalue weighted by Crippen LogP contribution is -1.98. The van der Waals surface area contributed by atoms with Gasteiger partial charge in [-0.15, -0.1) is 33.4 Å². The summed E-state index contributed by atoms with van der Waals surface area (Å²) in [4.78, 5) is 0. The third kappa shape index (κ3) is 5.40. The van der Waals surface area contributed by atoms with E-state index in [9.17, 15) is 0 Å². The van der Waals surface area contributed by atoms with Crippen molar-refractivity contribution in [2.75, 3.05) is 5.34 Å². The van der Waals surface area contributed by atoms with Crippen LogP contribution in [-0.4, -0.2) is 15.5 Å². The Bertz CT molecular complexity index is 2950. The molecule has 0 bridgehead atoms. The maximum absolute atomic E-state index is 4.97. The van der Waals surface area contributed by atoms with E-state index in [1.54, 1.807) is 0 Å². The summed E-state index contributed by atoms with van der Waals surface area (Å²) in [6.45, 7) is 0. The van der Waals surface area contributed by atoms with Gasteiger partial charge in [-0.3, -0.25) is 0 Å². The number of hydrogen-bond donors (Lipinski definition) is 0. The summed E-state index contributed by atoms with van der Waals surface area (Å²) in [5.74, 6) is 0. The fraction of sp³-hybridized carbons (Fsp3) is 0.0196. The smallest absolute Gasteiger partial charge is 0.101 e. The molecule has 0 saturated heterocycles. The third-order valence-electron chi connectivity index (χ3n) is 10.9. The molecule has 0 radical (unpaired) electrons. The predicted molar refractivity (Wildman–Crippen MR) is 237 cm³/mol. The number of rotatable bonds is 4. The van der Waals surface area contributed by atoms with Crippen LogP contribution in [0.2, 0.25) is 0 Å². The largest absolute Gasteiger partial charge is 0.149 e. The van der Waals surface area contributed by atoms with Gasteiger partial charge in [0, 0.05) is 21.9 Å². The molecule has 0 amide bonds. The highest BCUT2D eigenvalue weighted by Gasteiger charge is 2.25. The first kappa shape index (κ1) is 33.3. The molecule has 0 aliphatic heterocycles. The van der Waals surface area contributed by atoms with Crippen LogP contribution in [0.4, 0.5) is 0 Å². The molecule has 0 unspecified atom stereocenters. The second-order valence-electron chi connectivity index (χ2n) is 13.8. The zero-order valence-electron chi connectivity index (χ0n) is 29.7. The molecule has 11 rings (SSSR count). The lowest BCUT2D eigenvalue weighted by Gasteiger charge is -2.23. The van der Waals surface area contributed by atoms with Crippen molar-refractivity contribution in [2.45, 2.75) is 0 Å². The minimum Gasteiger partial charge on any atom is -0.149 e. The van der Waals surface area contributed by atoms with E-state index in [0.717, 1.165) is 33.3 Å². The SMILES string of the molecule is ClCCl.c1ccc(-c2nnc(-c3ccccc3)c3cc4c(-c5ccccc5)c5c6cccc7ccc8cccc(c5c(-c5ccccc5)c4cc23)c8c76)cc1. The number of nitrogens with zero attached hydrogens (tertiary/aromatic N) is 2. The van der Waals surface area contributed by atoms with Gasteiger partial charge in [0.15, 0.2) is 0 Å². The summed E-state index contributed by atoms with van der Waals surface area (Å²) in [7, 11) is 0. The Morgan fingerprint density at radius 2 is 0.655 bits per heavy atom. The van der Waals surface area contributed by atoms with Crippen molar-refractivity contribution in [2.24, 2.45) is 0 Å². The van der Waals surface area contributed by atoms with Crippen LogP contribution in [0, 0.1) is 0 Å². The highest BCUT2D eigenvalue weighted by Crippen LogP contribution is 2.52. The first-order valence-electron chi connectivity index (χ1n) is 18.4. The molecule has 55 heavy (non-hydrogen) atoms. The Morgan fingerprint density at radius 1 is 0.309 bits per heavy atom. The fourth-order valence-corrected chi connectivity index (χ4v) is 8.67. The fourth-order valence-electron chi connectivity index (χ4n) is 8.67. The van der Waals surface area contributed by atoms with Crippen molar-refractivity contribution >= 4 is 87.8 Å². The third-order valence-corrected chi connectivity index (χ3v) is 10.9. The number of aromatic nitrogens is 2. The molecular formula is C51H32Cl2N2. The molecule has 0 spiro atoms. The summed E-state index contributed by atoms with van der Waals surface area (Å²) in [5, 5.41) is 25.0. The Morgan fingerprint density at radius 3 is 1.02 bits per heavy atom. The minimum atomic E-state index is 0.194. The van der Waals surface area contributed by atoms with Crippen LogP contribution in [0.5, 0.6) is 0 Å². The molecule has 0 fully saturated rings. The average Bonchev–Trinajstić information content (AvgIpc) is 3.25. The predicted octanol–water partition coefficient (Wildman–Crippen LogP) is 14.9. The van der Waals surface area contributed by atoms with Crippen molar-refractivity contribution in [3.8, 4) is 44.8 Å². The maximum atomic E-state index is 4.97. The highest BCUT2D eigenvalue weighted by atomic mass is 35.5. The molecule has 0 atom stereocenters. The molecule has 4 heteroatoms. The van der Waals surface area contributed by atoms with E-state index >= 15 is 0 Å². The van der Waals surface area contributed by atoms with Crippen LogP contribution < -0.4 is 0 Å². The van der Waals surface area contributed by atoms with Crippen molar-refractivity contribution in [3.05, 3.63) is 182 Å². The minimum absolute atomic E-state index is 0.194. The zero-order valence-corrected chi connectivity index (χ0v) is 31.2. The number of benzene rings is 10. The molecule has 0 aliphatic carbocycles. The van der Waals surface area contributed by atoms with Crippen LogP contribution in [0.25, 0.3) is 109 Å². The molecule has 2 nitrogen and oxygen atoms in total. The second-order valence-corrected chi connectivity index (χ2v) is 14.6. The molecule has 0 saturated carbocycles. The van der Waals surface area contributed by atoms with Gasteiger partial charge in [0.25, 0.3) is 0 Å². The van der Waals surface area contributed by atoms with E-state index in [1.165, 1.54) is 76.1 Å². The summed E-state index contributed by atoms with van der Waals surface area (Å²) in [6, 6.07) is 65.8.